The molecule has 0 bridgehead atoms. The molecule has 4 nitrogen and oxygen atoms in total. The van der Waals surface area contributed by atoms with Gasteiger partial charge in [-0.2, -0.15) is 39.3 Å². The second kappa shape index (κ2) is 42.9. The molecule has 0 radical (unpaired) electrons. The second-order valence-corrected chi connectivity index (χ2v) is 4.04. The molecule has 0 fully saturated rings. The van der Waals surface area contributed by atoms with Crippen molar-refractivity contribution in [2.24, 2.45) is 3.34 Å². The molecule has 0 aliphatic carbocycles. The Morgan fingerprint density at radius 1 is 0.579 bits per heavy atom. The van der Waals surface area contributed by atoms with Gasteiger partial charge in [0.1, 0.15) is 0 Å². The Morgan fingerprint density at radius 2 is 0.737 bits per heavy atom. The summed E-state index contributed by atoms with van der Waals surface area (Å²) in [6.07, 6.45) is 0. The molecule has 0 rings (SSSR count). The SMILES string of the molecule is CC[N-]CC.CC[N-]CC.CC[N-]CC.CC[N]=[Ta]. The molecule has 119 valence electrons. The van der Waals surface area contributed by atoms with Gasteiger partial charge in [-0.25, -0.2) is 0 Å². The zero-order valence-electron chi connectivity index (χ0n) is 14.2. The predicted octanol–water partition coefficient (Wildman–Crippen LogP) is 4.94. The molecule has 0 saturated carbocycles. The molecule has 0 atom stereocenters. The van der Waals surface area contributed by atoms with Crippen molar-refractivity contribution >= 4 is 0 Å². The van der Waals surface area contributed by atoms with E-state index >= 15 is 0 Å². The van der Waals surface area contributed by atoms with Gasteiger partial charge in [0.15, 0.2) is 0 Å². The molecular formula is C14H35N4Ta-3. The Morgan fingerprint density at radius 3 is 0.737 bits per heavy atom. The maximum absolute atomic E-state index is 3.97. The van der Waals surface area contributed by atoms with Gasteiger partial charge in [0.05, 0.1) is 0 Å². The quantitative estimate of drug-likeness (QED) is 0.539. The molecule has 0 aliphatic heterocycles. The Hall–Kier alpha value is 0.420. The fraction of sp³-hybridized carbons (Fsp3) is 1.00. The number of hydrogen-bond acceptors (Lipinski definition) is 1. The average Bonchev–Trinajstić information content (AvgIpc) is 2.43. The first kappa shape index (κ1) is 27.7. The molecule has 0 amide bonds. The van der Waals surface area contributed by atoms with Crippen molar-refractivity contribution in [1.82, 2.24) is 0 Å². The van der Waals surface area contributed by atoms with Crippen LogP contribution in [0.1, 0.15) is 48.5 Å². The van der Waals surface area contributed by atoms with E-state index in [2.05, 4.69) is 19.3 Å². The normalized spacial score (nSPS) is 7.89. The van der Waals surface area contributed by atoms with Gasteiger partial charge < -0.3 is 16.0 Å². The molecular weight excluding hydrogens is 405 g/mol. The summed E-state index contributed by atoms with van der Waals surface area (Å²) in [6.45, 7) is 21.1. The molecule has 0 aromatic heterocycles. The van der Waals surface area contributed by atoms with E-state index in [1.165, 1.54) is 20.9 Å². The number of rotatable bonds is 7. The number of hydrogen-bond donors (Lipinski definition) is 0. The van der Waals surface area contributed by atoms with Crippen molar-refractivity contribution in [2.45, 2.75) is 48.5 Å². The predicted molar refractivity (Wildman–Crippen MR) is 86.3 cm³/mol. The van der Waals surface area contributed by atoms with Crippen LogP contribution in [0.25, 0.3) is 16.0 Å². The van der Waals surface area contributed by atoms with Gasteiger partial charge in [-0.15, -0.1) is 0 Å². The Kier molecular flexibility index (Phi) is 62.5. The van der Waals surface area contributed by atoms with Crippen LogP contribution < -0.4 is 0 Å². The van der Waals surface area contributed by atoms with Gasteiger partial charge in [-0.1, -0.05) is 41.5 Å². The second-order valence-electron chi connectivity index (χ2n) is 3.03. The standard InChI is InChI=1S/3C4H10N.C2H5N.Ta/c3*1-3-5-4-2;1-2-3;/h3*3-4H2,1-2H3;2H2,1H3;/q3*-1;;. The summed E-state index contributed by atoms with van der Waals surface area (Å²) >= 11 is 1.17. The van der Waals surface area contributed by atoms with E-state index in [4.69, 9.17) is 0 Å². The maximum atomic E-state index is 3.97. The van der Waals surface area contributed by atoms with Crippen LogP contribution >= 0.6 is 0 Å². The fourth-order valence-corrected chi connectivity index (χ4v) is 0.671. The zero-order chi connectivity index (χ0) is 15.8. The van der Waals surface area contributed by atoms with E-state index in [0.717, 1.165) is 45.8 Å². The van der Waals surface area contributed by atoms with Crippen molar-refractivity contribution in [3.8, 4) is 0 Å². The van der Waals surface area contributed by atoms with Gasteiger partial charge in [-0.05, 0) is 0 Å². The first-order chi connectivity index (χ1) is 9.16. The molecule has 0 N–H and O–H groups in total. The summed E-state index contributed by atoms with van der Waals surface area (Å²) in [4.78, 5) is 0. The molecule has 19 heavy (non-hydrogen) atoms. The number of nitrogens with zero attached hydrogens (tertiary/aromatic N) is 4. The fourth-order valence-electron chi connectivity index (χ4n) is 0.671. The van der Waals surface area contributed by atoms with Crippen molar-refractivity contribution in [2.75, 3.05) is 45.8 Å². The van der Waals surface area contributed by atoms with Crippen LogP contribution in [0.4, 0.5) is 0 Å². The Labute approximate surface area is 134 Å². The van der Waals surface area contributed by atoms with E-state index in [1.807, 2.05) is 48.5 Å². The van der Waals surface area contributed by atoms with E-state index in [-0.39, 0.29) is 0 Å². The van der Waals surface area contributed by atoms with Gasteiger partial charge in [0.25, 0.3) is 0 Å². The van der Waals surface area contributed by atoms with Crippen LogP contribution in [0, 0.1) is 0 Å². The van der Waals surface area contributed by atoms with Crippen molar-refractivity contribution in [1.29, 1.82) is 0 Å². The van der Waals surface area contributed by atoms with Gasteiger partial charge in [-0.3, -0.25) is 0 Å². The van der Waals surface area contributed by atoms with Gasteiger partial charge in [0, 0.05) is 0 Å². The summed E-state index contributed by atoms with van der Waals surface area (Å²) in [5.41, 5.74) is 0. The van der Waals surface area contributed by atoms with Crippen LogP contribution in [0.2, 0.25) is 0 Å². The molecule has 0 aromatic carbocycles. The first-order valence-electron chi connectivity index (χ1n) is 7.36. The average molecular weight is 440 g/mol. The molecule has 0 heterocycles. The topological polar surface area (TPSA) is 54.7 Å². The molecule has 0 unspecified atom stereocenters. The monoisotopic (exact) mass is 440 g/mol. The summed E-state index contributed by atoms with van der Waals surface area (Å²) in [5, 5.41) is 11.9. The third kappa shape index (κ3) is 90.2. The van der Waals surface area contributed by atoms with Crippen LogP contribution in [-0.2, 0) is 20.9 Å². The third-order valence-electron chi connectivity index (χ3n) is 1.48. The summed E-state index contributed by atoms with van der Waals surface area (Å²) in [7, 11) is 0. The molecule has 0 spiro atoms. The van der Waals surface area contributed by atoms with Gasteiger partial charge >= 0.3 is 37.7 Å². The van der Waals surface area contributed by atoms with Crippen LogP contribution in [0.5, 0.6) is 0 Å². The van der Waals surface area contributed by atoms with Gasteiger partial charge in [0.2, 0.25) is 0 Å². The Balaban J connectivity index is -0.0000000793. The van der Waals surface area contributed by atoms with Crippen LogP contribution in [0.3, 0.4) is 0 Å². The molecule has 0 aromatic rings. The minimum atomic E-state index is 0.969. The minimum absolute atomic E-state index is 0.969. The van der Waals surface area contributed by atoms with E-state index < -0.39 is 0 Å². The summed E-state index contributed by atoms with van der Waals surface area (Å²) in [5.74, 6) is 0. The van der Waals surface area contributed by atoms with E-state index in [0.29, 0.717) is 0 Å². The van der Waals surface area contributed by atoms with Crippen molar-refractivity contribution in [3.05, 3.63) is 16.0 Å². The molecule has 5 heteroatoms. The Bertz CT molecular complexity index is 93.4. The van der Waals surface area contributed by atoms with Crippen LogP contribution in [-0.4, -0.2) is 45.8 Å². The van der Waals surface area contributed by atoms with E-state index in [9.17, 15) is 0 Å². The van der Waals surface area contributed by atoms with Crippen molar-refractivity contribution in [3.63, 3.8) is 0 Å². The zero-order valence-corrected chi connectivity index (χ0v) is 17.4. The third-order valence-corrected chi connectivity index (χ3v) is 2.50. The van der Waals surface area contributed by atoms with Crippen LogP contribution in [0.15, 0.2) is 3.34 Å². The molecule has 0 saturated heterocycles. The van der Waals surface area contributed by atoms with Crippen molar-refractivity contribution < 1.29 is 20.9 Å². The summed E-state index contributed by atoms with van der Waals surface area (Å²) < 4.78 is 3.85. The van der Waals surface area contributed by atoms with E-state index in [1.54, 1.807) is 0 Å². The molecule has 0 aliphatic rings. The summed E-state index contributed by atoms with van der Waals surface area (Å²) in [6, 6.07) is 0. The first-order valence-corrected chi connectivity index (χ1v) is 8.80.